The van der Waals surface area contributed by atoms with E-state index in [1.807, 2.05) is 12.1 Å². The molecule has 0 radical (unpaired) electrons. The van der Waals surface area contributed by atoms with E-state index in [0.29, 0.717) is 12.1 Å². The van der Waals surface area contributed by atoms with Crippen LogP contribution in [0.2, 0.25) is 0 Å². The van der Waals surface area contributed by atoms with E-state index in [2.05, 4.69) is 51.5 Å². The summed E-state index contributed by atoms with van der Waals surface area (Å²) in [6, 6.07) is 16.9. The first-order valence-corrected chi connectivity index (χ1v) is 11.2. The van der Waals surface area contributed by atoms with Crippen LogP contribution in [-0.2, 0) is 19.5 Å². The Morgan fingerprint density at radius 2 is 1.83 bits per heavy atom. The maximum atomic E-state index is 12.5. The van der Waals surface area contributed by atoms with E-state index >= 15 is 0 Å². The maximum Gasteiger partial charge on any atom is 0.251 e. The van der Waals surface area contributed by atoms with Crippen LogP contribution in [0.15, 0.2) is 48.5 Å². The summed E-state index contributed by atoms with van der Waals surface area (Å²) >= 11 is 0. The summed E-state index contributed by atoms with van der Waals surface area (Å²) < 4.78 is 0. The van der Waals surface area contributed by atoms with Crippen molar-refractivity contribution in [3.63, 3.8) is 0 Å². The van der Waals surface area contributed by atoms with Crippen molar-refractivity contribution in [1.29, 1.82) is 0 Å². The molecule has 0 bridgehead atoms. The number of aliphatic hydroxyl groups excluding tert-OH is 1. The Balaban J connectivity index is 1.24. The number of fused-ring (bicyclic) bond motifs is 1. The van der Waals surface area contributed by atoms with E-state index in [1.54, 1.807) is 0 Å². The third-order valence-corrected chi connectivity index (χ3v) is 6.48. The molecule has 2 aromatic rings. The fourth-order valence-electron chi connectivity index (χ4n) is 4.69. The zero-order valence-electron chi connectivity index (χ0n) is 17.7. The lowest BCUT2D eigenvalue weighted by Gasteiger charge is -2.34. The van der Waals surface area contributed by atoms with Gasteiger partial charge >= 0.3 is 0 Å². The Labute approximate surface area is 179 Å². The fraction of sp³-hybridized carbons (Fsp3) is 0.480. The van der Waals surface area contributed by atoms with Crippen molar-refractivity contribution in [1.82, 2.24) is 15.1 Å². The number of hydrogen-bond acceptors (Lipinski definition) is 4. The summed E-state index contributed by atoms with van der Waals surface area (Å²) in [5, 5.41) is 12.5. The van der Waals surface area contributed by atoms with Crippen LogP contribution < -0.4 is 5.32 Å². The largest absolute Gasteiger partial charge is 0.395 e. The number of rotatable bonds is 7. The molecule has 2 N–H and O–H groups in total. The highest BCUT2D eigenvalue weighted by Gasteiger charge is 2.21. The van der Waals surface area contributed by atoms with Crippen LogP contribution in [0.1, 0.15) is 46.3 Å². The van der Waals surface area contributed by atoms with Crippen molar-refractivity contribution in [2.75, 3.05) is 32.8 Å². The normalized spacial score (nSPS) is 20.0. The number of benzene rings is 2. The first-order valence-electron chi connectivity index (χ1n) is 11.2. The molecule has 0 aliphatic carbocycles. The molecule has 2 aliphatic rings. The van der Waals surface area contributed by atoms with Gasteiger partial charge in [-0.25, -0.2) is 0 Å². The van der Waals surface area contributed by atoms with Gasteiger partial charge in [0.2, 0.25) is 0 Å². The minimum absolute atomic E-state index is 0.0222. The first kappa shape index (κ1) is 21.0. The van der Waals surface area contributed by atoms with Crippen molar-refractivity contribution >= 4 is 5.91 Å². The molecule has 5 heteroatoms. The zero-order valence-corrected chi connectivity index (χ0v) is 17.7. The third kappa shape index (κ3) is 5.28. The quantitative estimate of drug-likeness (QED) is 0.741. The van der Waals surface area contributed by atoms with Gasteiger partial charge in [0.05, 0.1) is 6.61 Å². The Bertz CT molecular complexity index is 837. The summed E-state index contributed by atoms with van der Waals surface area (Å²) in [7, 11) is 0. The number of aliphatic hydroxyl groups is 1. The van der Waals surface area contributed by atoms with Gasteiger partial charge in [-0.05, 0) is 54.6 Å². The number of piperidine rings is 1. The molecule has 0 spiro atoms. The molecular formula is C25H33N3O2. The smallest absolute Gasteiger partial charge is 0.251 e. The Kier molecular flexibility index (Phi) is 7.16. The predicted molar refractivity (Wildman–Crippen MR) is 119 cm³/mol. The average molecular weight is 408 g/mol. The van der Waals surface area contributed by atoms with E-state index in [9.17, 15) is 9.90 Å². The molecule has 0 unspecified atom stereocenters. The van der Waals surface area contributed by atoms with Gasteiger partial charge in [-0.2, -0.15) is 0 Å². The van der Waals surface area contributed by atoms with E-state index in [0.717, 1.165) is 45.6 Å². The second-order valence-corrected chi connectivity index (χ2v) is 8.55. The average Bonchev–Trinajstić information content (AvgIpc) is 2.80. The topological polar surface area (TPSA) is 55.8 Å². The van der Waals surface area contributed by atoms with Gasteiger partial charge in [0.1, 0.15) is 0 Å². The van der Waals surface area contributed by atoms with Crippen LogP contribution in [0.5, 0.6) is 0 Å². The number of carbonyl (C=O) groups excluding carboxylic acids is 1. The molecule has 160 valence electrons. The third-order valence-electron chi connectivity index (χ3n) is 6.48. The lowest BCUT2D eigenvalue weighted by Crippen LogP contribution is -2.45. The van der Waals surface area contributed by atoms with E-state index in [-0.39, 0.29) is 18.6 Å². The van der Waals surface area contributed by atoms with Crippen molar-refractivity contribution in [3.05, 3.63) is 70.8 Å². The van der Waals surface area contributed by atoms with Crippen molar-refractivity contribution in [2.45, 2.75) is 44.8 Å². The molecule has 5 nitrogen and oxygen atoms in total. The number of likely N-dealkylation sites (tertiary alicyclic amines) is 1. The highest BCUT2D eigenvalue weighted by atomic mass is 16.3. The van der Waals surface area contributed by atoms with E-state index in [1.165, 1.54) is 29.5 Å². The molecule has 30 heavy (non-hydrogen) atoms. The van der Waals surface area contributed by atoms with Crippen molar-refractivity contribution in [3.8, 4) is 0 Å². The van der Waals surface area contributed by atoms with Crippen LogP contribution in [-0.4, -0.2) is 59.6 Å². The molecule has 0 aromatic heterocycles. The van der Waals surface area contributed by atoms with Crippen LogP contribution in [0.3, 0.4) is 0 Å². The lowest BCUT2D eigenvalue weighted by molar-refractivity contribution is 0.0849. The minimum atomic E-state index is -0.0222. The number of amides is 1. The second-order valence-electron chi connectivity index (χ2n) is 8.55. The molecule has 2 aromatic carbocycles. The fourth-order valence-corrected chi connectivity index (χ4v) is 4.69. The van der Waals surface area contributed by atoms with E-state index in [4.69, 9.17) is 0 Å². The SMILES string of the molecule is O=C(NCCN1CCCC[C@H]1CO)c1ccc(CN2CCc3ccccc3C2)cc1. The molecule has 2 aliphatic heterocycles. The molecule has 1 amide bonds. The van der Waals surface area contributed by atoms with E-state index < -0.39 is 0 Å². The molecule has 1 saturated heterocycles. The highest BCUT2D eigenvalue weighted by Crippen LogP contribution is 2.20. The summed E-state index contributed by atoms with van der Waals surface area (Å²) in [6.07, 6.45) is 4.51. The van der Waals surface area contributed by atoms with Crippen LogP contribution >= 0.6 is 0 Å². The first-order chi connectivity index (χ1) is 14.7. The zero-order chi connectivity index (χ0) is 20.8. The maximum absolute atomic E-state index is 12.5. The number of carbonyl (C=O) groups is 1. The highest BCUT2D eigenvalue weighted by molar-refractivity contribution is 5.94. The van der Waals surface area contributed by atoms with Gasteiger partial charge in [0.25, 0.3) is 5.91 Å². The van der Waals surface area contributed by atoms with Crippen molar-refractivity contribution < 1.29 is 9.90 Å². The monoisotopic (exact) mass is 407 g/mol. The number of hydrogen-bond donors (Lipinski definition) is 2. The molecule has 4 rings (SSSR count). The molecule has 0 saturated carbocycles. The standard InChI is InChI=1S/C25H33N3O2/c29-19-24-7-3-4-14-28(24)16-13-26-25(30)22-10-8-20(9-11-22)17-27-15-12-21-5-1-2-6-23(21)18-27/h1-2,5-6,8-11,24,29H,3-4,7,12-19H2,(H,26,30)/t24-/m0/s1. The summed E-state index contributed by atoms with van der Waals surface area (Å²) in [5.41, 5.74) is 4.85. The second kappa shape index (κ2) is 10.2. The lowest BCUT2D eigenvalue weighted by atomic mass is 9.99. The van der Waals surface area contributed by atoms with Gasteiger partial charge in [0, 0.05) is 44.3 Å². The van der Waals surface area contributed by atoms with Gasteiger partial charge in [-0.15, -0.1) is 0 Å². The van der Waals surface area contributed by atoms with Crippen LogP contribution in [0.4, 0.5) is 0 Å². The number of nitrogens with zero attached hydrogens (tertiary/aromatic N) is 2. The Morgan fingerprint density at radius 3 is 2.63 bits per heavy atom. The summed E-state index contributed by atoms with van der Waals surface area (Å²) in [5.74, 6) is -0.0222. The van der Waals surface area contributed by atoms with Gasteiger partial charge in [-0.3, -0.25) is 14.6 Å². The Hall–Kier alpha value is -2.21. The van der Waals surface area contributed by atoms with Crippen molar-refractivity contribution in [2.24, 2.45) is 0 Å². The Morgan fingerprint density at radius 1 is 1.03 bits per heavy atom. The number of nitrogens with one attached hydrogen (secondary N) is 1. The molecular weight excluding hydrogens is 374 g/mol. The minimum Gasteiger partial charge on any atom is -0.395 e. The van der Waals surface area contributed by atoms with Crippen LogP contribution in [0, 0.1) is 0 Å². The van der Waals surface area contributed by atoms with Gasteiger partial charge in [-0.1, -0.05) is 42.8 Å². The predicted octanol–water partition coefficient (Wildman–Crippen LogP) is 2.82. The molecule has 1 atom stereocenters. The van der Waals surface area contributed by atoms with Gasteiger partial charge < -0.3 is 10.4 Å². The molecule has 1 fully saturated rings. The summed E-state index contributed by atoms with van der Waals surface area (Å²) in [4.78, 5) is 17.2. The summed E-state index contributed by atoms with van der Waals surface area (Å²) in [6.45, 7) is 5.60. The van der Waals surface area contributed by atoms with Crippen LogP contribution in [0.25, 0.3) is 0 Å². The molecule has 2 heterocycles. The van der Waals surface area contributed by atoms with Gasteiger partial charge in [0.15, 0.2) is 0 Å².